The monoisotopic (exact) mass is 894 g/mol. The number of ether oxygens (including phenoxy) is 8. The van der Waals surface area contributed by atoms with Crippen molar-refractivity contribution in [2.45, 2.75) is 124 Å². The lowest BCUT2D eigenvalue weighted by Gasteiger charge is -2.17. The summed E-state index contributed by atoms with van der Waals surface area (Å²) in [5.74, 6) is 2.66. The Morgan fingerprint density at radius 3 is 1.56 bits per heavy atom. The molecule has 0 N–H and O–H groups in total. The van der Waals surface area contributed by atoms with Gasteiger partial charge in [-0.05, 0) is 32.6 Å². The van der Waals surface area contributed by atoms with Crippen LogP contribution < -0.4 is 0 Å². The smallest absolute Gasteiger partial charge is 0.322 e. The summed E-state index contributed by atoms with van der Waals surface area (Å²) in [6.07, 6.45) is 15.5. The second kappa shape index (κ2) is 75.1. The third-order valence-electron chi connectivity index (χ3n) is 6.70. The Bertz CT molecular complexity index is 1350. The van der Waals surface area contributed by atoms with Gasteiger partial charge in [0.05, 0.1) is 83.4 Å². The predicted molar refractivity (Wildman–Crippen MR) is 246 cm³/mol. The van der Waals surface area contributed by atoms with Gasteiger partial charge in [-0.3, -0.25) is 9.58 Å². The molecule has 17 nitrogen and oxygen atoms in total. The molecule has 0 rings (SSSR count). The summed E-state index contributed by atoms with van der Waals surface area (Å²) in [4.78, 5) is 15.7. The summed E-state index contributed by atoms with van der Waals surface area (Å²) < 4.78 is 40.8. The van der Waals surface area contributed by atoms with Crippen LogP contribution in [0.1, 0.15) is 112 Å². The van der Waals surface area contributed by atoms with Gasteiger partial charge >= 0.3 is 6.73 Å². The maximum atomic E-state index is 8.63. The zero-order chi connectivity index (χ0) is 49.3. The minimum Gasteiger partial charge on any atom is -0.379 e. The Hall–Kier alpha value is -5.35. The van der Waals surface area contributed by atoms with Crippen LogP contribution in [-0.4, -0.2) is 118 Å². The standard InChI is InChI=1S/C13H18N2O3.C9H14N2.C8H15NO2.C7H10N2O3.C6H11N.C4H7N/c1-2-3-8-16-11-13(18-10-5-7-15)12-17-9-4-6-14;1-3-5-9(8-10)6-4-7-11-2;1-3-5-10-7-8-11-6-4-9-2;1-3-10-7(11-5-4-8)12-6-9-2;1-3-4-5-6-7-2;1-3-4-5-2/h1,13H,3-5,8-12H2;9H,3-7H2,1H3;3-8H2,1H3;7H,3,5-6H2,1H3;3-6H2,1H3;3-4H2,1H3. The van der Waals surface area contributed by atoms with Gasteiger partial charge in [0.25, 0.3) is 6.48 Å². The van der Waals surface area contributed by atoms with Crippen molar-refractivity contribution in [3.05, 3.63) is 57.1 Å². The summed E-state index contributed by atoms with van der Waals surface area (Å²) in [6.45, 7) is 48.3. The molecule has 0 aromatic rings. The van der Waals surface area contributed by atoms with E-state index in [1.54, 1.807) is 13.0 Å². The van der Waals surface area contributed by atoms with Gasteiger partial charge in [0.1, 0.15) is 19.3 Å². The molecule has 17 heteroatoms. The maximum Gasteiger partial charge on any atom is 0.322 e. The van der Waals surface area contributed by atoms with Crippen molar-refractivity contribution in [3.8, 4) is 36.6 Å². The van der Waals surface area contributed by atoms with Crippen LogP contribution in [0.4, 0.5) is 0 Å². The van der Waals surface area contributed by atoms with Crippen LogP contribution in [0.15, 0.2) is 0 Å². The largest absolute Gasteiger partial charge is 0.379 e. The first-order chi connectivity index (χ1) is 31.3. The second-order valence-corrected chi connectivity index (χ2v) is 12.3. The lowest BCUT2D eigenvalue weighted by Crippen LogP contribution is -2.26. The zero-order valence-electron chi connectivity index (χ0n) is 39.4. The van der Waals surface area contributed by atoms with E-state index >= 15 is 0 Å². The predicted octanol–water partition coefficient (Wildman–Crippen LogP) is 9.38. The third kappa shape index (κ3) is 80.6. The normalized spacial score (nSPS) is 10.3. The highest BCUT2D eigenvalue weighted by Crippen LogP contribution is 2.11. The van der Waals surface area contributed by atoms with Crippen molar-refractivity contribution >= 4 is 0 Å². The fourth-order valence-electron chi connectivity index (χ4n) is 3.75. The highest BCUT2D eigenvalue weighted by atomic mass is 16.8. The molecule has 3 unspecified atom stereocenters. The number of rotatable bonds is 33. The highest BCUT2D eigenvalue weighted by Gasteiger charge is 2.10. The van der Waals surface area contributed by atoms with Crippen LogP contribution in [0, 0.1) is 96.4 Å². The minimum absolute atomic E-state index is 0.108. The van der Waals surface area contributed by atoms with E-state index in [9.17, 15) is 0 Å². The van der Waals surface area contributed by atoms with E-state index in [1.807, 2.05) is 19.1 Å². The summed E-state index contributed by atoms with van der Waals surface area (Å²) in [5.41, 5.74) is 0. The fraction of sp³-hybridized carbons (Fsp3) is 0.766. The molecule has 0 aliphatic carbocycles. The first-order valence-electron chi connectivity index (χ1n) is 21.7. The van der Waals surface area contributed by atoms with Gasteiger partial charge in [0.15, 0.2) is 0 Å². The van der Waals surface area contributed by atoms with Gasteiger partial charge in [0, 0.05) is 44.8 Å². The van der Waals surface area contributed by atoms with Crippen molar-refractivity contribution in [1.29, 1.82) is 21.0 Å². The van der Waals surface area contributed by atoms with Gasteiger partial charge < -0.3 is 52.5 Å². The quantitative estimate of drug-likeness (QED) is 0.0263. The van der Waals surface area contributed by atoms with E-state index in [0.29, 0.717) is 105 Å². The average Bonchev–Trinajstić information content (AvgIpc) is 3.31. The van der Waals surface area contributed by atoms with Gasteiger partial charge in [-0.2, -0.15) is 21.0 Å². The van der Waals surface area contributed by atoms with Gasteiger partial charge in [-0.1, -0.05) is 40.5 Å². The first kappa shape index (κ1) is 70.3. The second-order valence-electron chi connectivity index (χ2n) is 12.3. The summed E-state index contributed by atoms with van der Waals surface area (Å²) >= 11 is 0. The van der Waals surface area contributed by atoms with Crippen molar-refractivity contribution < 1.29 is 37.9 Å². The van der Waals surface area contributed by atoms with Crippen LogP contribution in [-0.2, 0) is 37.9 Å². The molecular formula is C47H75N9O8. The molecule has 0 amide bonds. The van der Waals surface area contributed by atoms with Crippen molar-refractivity contribution in [1.82, 2.24) is 0 Å². The van der Waals surface area contributed by atoms with E-state index in [0.717, 1.165) is 51.6 Å². The van der Waals surface area contributed by atoms with E-state index in [4.69, 9.17) is 98.2 Å². The van der Waals surface area contributed by atoms with Crippen LogP contribution >= 0.6 is 0 Å². The fourth-order valence-corrected chi connectivity index (χ4v) is 3.75. The molecule has 0 saturated heterocycles. The van der Waals surface area contributed by atoms with Crippen LogP contribution in [0.2, 0.25) is 0 Å². The molecule has 0 heterocycles. The van der Waals surface area contributed by atoms with Crippen molar-refractivity contribution in [3.63, 3.8) is 0 Å². The summed E-state index contributed by atoms with van der Waals surface area (Å²) in [6, 6.07) is 8.02. The Labute approximate surface area is 387 Å². The molecule has 64 heavy (non-hydrogen) atoms. The van der Waals surface area contributed by atoms with Gasteiger partial charge in [-0.25, -0.2) is 32.9 Å². The van der Waals surface area contributed by atoms with Crippen molar-refractivity contribution in [2.24, 2.45) is 5.92 Å². The lowest BCUT2D eigenvalue weighted by atomic mass is 10.00. The molecule has 0 radical (unpaired) electrons. The van der Waals surface area contributed by atoms with Crippen LogP contribution in [0.3, 0.4) is 0 Å². The highest BCUT2D eigenvalue weighted by molar-refractivity contribution is 4.83. The van der Waals surface area contributed by atoms with Gasteiger partial charge in [0.2, 0.25) is 26.2 Å². The lowest BCUT2D eigenvalue weighted by molar-refractivity contribution is -0.277. The molecule has 0 aromatic heterocycles. The Morgan fingerprint density at radius 2 is 1.09 bits per heavy atom. The number of hydrogen-bond acceptors (Lipinski definition) is 12. The number of nitrogens with zero attached hydrogens (tertiary/aromatic N) is 9. The number of unbranched alkanes of at least 4 members (excludes halogenated alkanes) is 2. The van der Waals surface area contributed by atoms with E-state index < -0.39 is 6.48 Å². The Balaban J connectivity index is -0.000000164. The molecule has 0 saturated carbocycles. The number of nitriles is 4. The van der Waals surface area contributed by atoms with Crippen LogP contribution in [0.25, 0.3) is 24.2 Å². The molecular weight excluding hydrogens is 819 g/mol. The number of terminal acetylenes is 1. The van der Waals surface area contributed by atoms with E-state index in [2.05, 4.69) is 57.0 Å². The Kier molecular flexibility index (Phi) is 82.5. The van der Waals surface area contributed by atoms with Gasteiger partial charge in [-0.15, -0.1) is 12.3 Å². The third-order valence-corrected chi connectivity index (χ3v) is 6.70. The van der Waals surface area contributed by atoms with E-state index in [1.165, 1.54) is 12.8 Å². The van der Waals surface area contributed by atoms with Crippen LogP contribution in [0.5, 0.6) is 0 Å². The maximum absolute atomic E-state index is 8.63. The molecule has 0 bridgehead atoms. The number of hydrogen-bond donors (Lipinski definition) is 0. The molecule has 0 spiro atoms. The average molecular weight is 894 g/mol. The molecule has 3 atom stereocenters. The topological polar surface area (TPSA) is 191 Å². The Morgan fingerprint density at radius 1 is 0.500 bits per heavy atom. The SMILES string of the molecule is C#CCCOCC(COCCC#N)OCCC#N.[C-]#[N+]CCC.[C-]#[N+]CCCC(C#N)CCC.[C-]#[N+]CCCCC.[C-]#[N+]CCOCCOCCC.[C-]#[N+]COC(OCC)OCC#N. The molecule has 356 valence electrons. The molecule has 0 aliphatic heterocycles. The molecule has 0 fully saturated rings. The molecule has 0 aliphatic rings. The molecule has 0 aromatic carbocycles. The summed E-state index contributed by atoms with van der Waals surface area (Å²) in [5, 5.41) is 33.6. The zero-order valence-corrected chi connectivity index (χ0v) is 39.4. The van der Waals surface area contributed by atoms with Crippen molar-refractivity contribution in [2.75, 3.05) is 106 Å². The first-order valence-corrected chi connectivity index (χ1v) is 21.7. The summed E-state index contributed by atoms with van der Waals surface area (Å²) in [7, 11) is 0. The minimum atomic E-state index is -0.899. The van der Waals surface area contributed by atoms with E-state index in [-0.39, 0.29) is 25.4 Å².